The van der Waals surface area contributed by atoms with Gasteiger partial charge in [0.15, 0.2) is 11.5 Å². The van der Waals surface area contributed by atoms with Crippen LogP contribution < -0.4 is 14.9 Å². The Morgan fingerprint density at radius 2 is 2.04 bits per heavy atom. The van der Waals surface area contributed by atoms with Gasteiger partial charge in [-0.2, -0.15) is 5.10 Å². The summed E-state index contributed by atoms with van der Waals surface area (Å²) in [6.07, 6.45) is 3.18. The molecule has 0 spiro atoms. The maximum atomic E-state index is 12.2. The molecule has 0 radical (unpaired) electrons. The third-order valence-corrected chi connectivity index (χ3v) is 3.76. The van der Waals surface area contributed by atoms with Gasteiger partial charge in [-0.15, -0.1) is 0 Å². The largest absolute Gasteiger partial charge is 0.493 e. The van der Waals surface area contributed by atoms with Gasteiger partial charge in [-0.3, -0.25) is 4.79 Å². The van der Waals surface area contributed by atoms with Gasteiger partial charge in [-0.25, -0.2) is 10.4 Å². The Labute approximate surface area is 157 Å². The second kappa shape index (κ2) is 8.62. The number of ether oxygens (including phenoxy) is 2. The van der Waals surface area contributed by atoms with Crippen LogP contribution in [0.15, 0.2) is 72.4 Å². The molecule has 0 aliphatic heterocycles. The van der Waals surface area contributed by atoms with Crippen LogP contribution >= 0.6 is 0 Å². The van der Waals surface area contributed by atoms with Crippen LogP contribution in [-0.2, 0) is 0 Å². The van der Waals surface area contributed by atoms with Gasteiger partial charge >= 0.3 is 0 Å². The molecule has 0 saturated heterocycles. The van der Waals surface area contributed by atoms with Gasteiger partial charge in [0.25, 0.3) is 5.91 Å². The van der Waals surface area contributed by atoms with Gasteiger partial charge in [0, 0.05) is 5.39 Å². The van der Waals surface area contributed by atoms with E-state index in [0.29, 0.717) is 23.8 Å². The minimum atomic E-state index is -0.380. The number of nitrogens with zero attached hydrogens (tertiary/aromatic N) is 2. The summed E-state index contributed by atoms with van der Waals surface area (Å²) in [6, 6.07) is 16.5. The lowest BCUT2D eigenvalue weighted by Crippen LogP contribution is -2.18. The average Bonchev–Trinajstić information content (AvgIpc) is 2.72. The Bertz CT molecular complexity index is 999. The molecule has 6 nitrogen and oxygen atoms in total. The number of rotatable bonds is 7. The molecule has 0 unspecified atom stereocenters. The van der Waals surface area contributed by atoms with Crippen molar-refractivity contribution < 1.29 is 14.3 Å². The molecular weight excluding hydrogens is 342 g/mol. The quantitative estimate of drug-likeness (QED) is 0.397. The summed E-state index contributed by atoms with van der Waals surface area (Å²) in [5, 5.41) is 4.96. The van der Waals surface area contributed by atoms with E-state index in [9.17, 15) is 4.79 Å². The van der Waals surface area contributed by atoms with Crippen LogP contribution in [0.2, 0.25) is 0 Å². The first-order valence-corrected chi connectivity index (χ1v) is 8.32. The second-order valence-corrected chi connectivity index (χ2v) is 5.60. The first kappa shape index (κ1) is 18.1. The summed E-state index contributed by atoms with van der Waals surface area (Å²) in [6.45, 7) is 4.00. The van der Waals surface area contributed by atoms with Crippen molar-refractivity contribution in [3.8, 4) is 11.5 Å². The molecule has 0 atom stereocenters. The Kier molecular flexibility index (Phi) is 5.79. The Morgan fingerprint density at radius 1 is 1.19 bits per heavy atom. The van der Waals surface area contributed by atoms with Crippen molar-refractivity contribution >= 4 is 23.0 Å². The Balaban J connectivity index is 1.68. The molecule has 6 heteroatoms. The molecule has 0 fully saturated rings. The molecule has 2 aromatic carbocycles. The number of benzene rings is 2. The standard InChI is InChI=1S/C21H19N3O3/c1-3-12-27-19-11-8-15(13-20(19)26-2)14-22-24-21(25)18-10-9-16-6-4-5-7-17(16)23-18/h3-11,13-14H,1,12H2,2H3,(H,24,25)/b22-14+. The van der Waals surface area contributed by atoms with Crippen molar-refractivity contribution in [2.24, 2.45) is 5.10 Å². The SMILES string of the molecule is C=CCOc1ccc(/C=N/NC(=O)c2ccc3ccccc3n2)cc1OC. The molecule has 1 N–H and O–H groups in total. The smallest absolute Gasteiger partial charge is 0.289 e. The normalized spacial score (nSPS) is 10.7. The summed E-state index contributed by atoms with van der Waals surface area (Å²) in [5.74, 6) is 0.803. The topological polar surface area (TPSA) is 72.8 Å². The predicted molar refractivity (Wildman–Crippen MR) is 105 cm³/mol. The minimum Gasteiger partial charge on any atom is -0.493 e. The lowest BCUT2D eigenvalue weighted by molar-refractivity contribution is 0.0950. The molecule has 0 saturated carbocycles. The van der Waals surface area contributed by atoms with Crippen molar-refractivity contribution in [3.63, 3.8) is 0 Å². The molecule has 3 aromatic rings. The fourth-order valence-electron chi connectivity index (χ4n) is 2.45. The molecule has 27 heavy (non-hydrogen) atoms. The van der Waals surface area contributed by atoms with Crippen molar-refractivity contribution in [2.75, 3.05) is 13.7 Å². The molecule has 136 valence electrons. The first-order valence-electron chi connectivity index (χ1n) is 8.32. The molecule has 0 bridgehead atoms. The molecule has 0 aliphatic rings. The van der Waals surface area contributed by atoms with Gasteiger partial charge in [-0.05, 0) is 35.9 Å². The summed E-state index contributed by atoms with van der Waals surface area (Å²) < 4.78 is 10.8. The molecular formula is C21H19N3O3. The van der Waals surface area contributed by atoms with Gasteiger partial charge in [-0.1, -0.05) is 36.9 Å². The number of aromatic nitrogens is 1. The second-order valence-electron chi connectivity index (χ2n) is 5.60. The monoisotopic (exact) mass is 361 g/mol. The fraction of sp³-hybridized carbons (Fsp3) is 0.0952. The predicted octanol–water partition coefficient (Wildman–Crippen LogP) is 3.57. The van der Waals surface area contributed by atoms with Crippen molar-refractivity contribution in [1.82, 2.24) is 10.4 Å². The van der Waals surface area contributed by atoms with E-state index >= 15 is 0 Å². The first-order chi connectivity index (χ1) is 13.2. The van der Waals surface area contributed by atoms with Crippen LogP contribution in [0.4, 0.5) is 0 Å². The fourth-order valence-corrected chi connectivity index (χ4v) is 2.45. The van der Waals surface area contributed by atoms with Crippen molar-refractivity contribution in [2.45, 2.75) is 0 Å². The molecule has 3 rings (SSSR count). The molecule has 1 amide bonds. The third kappa shape index (κ3) is 4.49. The van der Waals surface area contributed by atoms with Gasteiger partial charge < -0.3 is 9.47 Å². The lowest BCUT2D eigenvalue weighted by Gasteiger charge is -2.09. The molecule has 0 aliphatic carbocycles. The number of carbonyl (C=O) groups excluding carboxylic acids is 1. The number of amides is 1. The summed E-state index contributed by atoms with van der Waals surface area (Å²) in [4.78, 5) is 16.6. The molecule has 1 aromatic heterocycles. The third-order valence-electron chi connectivity index (χ3n) is 3.76. The highest BCUT2D eigenvalue weighted by atomic mass is 16.5. The van der Waals surface area contributed by atoms with E-state index < -0.39 is 0 Å². The van der Waals surface area contributed by atoms with Gasteiger partial charge in [0.2, 0.25) is 0 Å². The summed E-state index contributed by atoms with van der Waals surface area (Å²) >= 11 is 0. The Morgan fingerprint density at radius 3 is 2.85 bits per heavy atom. The zero-order valence-corrected chi connectivity index (χ0v) is 14.9. The van der Waals surface area contributed by atoms with Gasteiger partial charge in [0.05, 0.1) is 18.8 Å². The van der Waals surface area contributed by atoms with Crippen LogP contribution in [0.1, 0.15) is 16.1 Å². The van der Waals surface area contributed by atoms with E-state index in [1.54, 1.807) is 31.4 Å². The van der Waals surface area contributed by atoms with Crippen LogP contribution in [-0.4, -0.2) is 30.8 Å². The minimum absolute atomic E-state index is 0.302. The number of hydrogen-bond acceptors (Lipinski definition) is 5. The van der Waals surface area contributed by atoms with Gasteiger partial charge in [0.1, 0.15) is 12.3 Å². The number of para-hydroxylation sites is 1. The van der Waals surface area contributed by atoms with E-state index in [0.717, 1.165) is 16.5 Å². The van der Waals surface area contributed by atoms with Crippen LogP contribution in [0.25, 0.3) is 10.9 Å². The highest BCUT2D eigenvalue weighted by Gasteiger charge is 2.07. The van der Waals surface area contributed by atoms with Crippen LogP contribution in [0.5, 0.6) is 11.5 Å². The maximum Gasteiger partial charge on any atom is 0.289 e. The number of hydrogen-bond donors (Lipinski definition) is 1. The number of carbonyl (C=O) groups is 1. The summed E-state index contributed by atoms with van der Waals surface area (Å²) in [5.41, 5.74) is 4.30. The van der Waals surface area contributed by atoms with Crippen LogP contribution in [0, 0.1) is 0 Å². The van der Waals surface area contributed by atoms with Crippen molar-refractivity contribution in [1.29, 1.82) is 0 Å². The number of fused-ring (bicyclic) bond motifs is 1. The molecule has 1 heterocycles. The summed E-state index contributed by atoms with van der Waals surface area (Å²) in [7, 11) is 1.56. The Hall–Kier alpha value is -3.67. The van der Waals surface area contributed by atoms with Crippen molar-refractivity contribution in [3.05, 3.63) is 78.5 Å². The van der Waals surface area contributed by atoms with E-state index in [1.807, 2.05) is 36.4 Å². The zero-order chi connectivity index (χ0) is 19.1. The van der Waals surface area contributed by atoms with E-state index in [1.165, 1.54) is 6.21 Å². The maximum absolute atomic E-state index is 12.2. The highest BCUT2D eigenvalue weighted by molar-refractivity contribution is 5.95. The van der Waals surface area contributed by atoms with E-state index in [4.69, 9.17) is 9.47 Å². The van der Waals surface area contributed by atoms with E-state index in [-0.39, 0.29) is 5.91 Å². The highest BCUT2D eigenvalue weighted by Crippen LogP contribution is 2.27. The zero-order valence-electron chi connectivity index (χ0n) is 14.9. The average molecular weight is 361 g/mol. The van der Waals surface area contributed by atoms with E-state index in [2.05, 4.69) is 22.1 Å². The van der Waals surface area contributed by atoms with Crippen LogP contribution in [0.3, 0.4) is 0 Å². The lowest BCUT2D eigenvalue weighted by atomic mass is 10.2. The number of nitrogens with one attached hydrogen (secondary N) is 1. The number of methoxy groups -OCH3 is 1. The number of pyridine rings is 1. The number of hydrazone groups is 1.